The van der Waals surface area contributed by atoms with Gasteiger partial charge in [-0.15, -0.1) is 0 Å². The molecule has 0 radical (unpaired) electrons. The highest BCUT2D eigenvalue weighted by atomic mass is 19.1. The van der Waals surface area contributed by atoms with Crippen LogP contribution in [0.25, 0.3) is 22.1 Å². The molecule has 0 atom stereocenters. The molecular weight excluding hydrogens is 404 g/mol. The highest BCUT2D eigenvalue weighted by molar-refractivity contribution is 5.93. The van der Waals surface area contributed by atoms with Gasteiger partial charge in [0.25, 0.3) is 0 Å². The van der Waals surface area contributed by atoms with Crippen LogP contribution in [-0.4, -0.2) is 11.1 Å². The van der Waals surface area contributed by atoms with Crippen LogP contribution in [0.4, 0.5) is 8.78 Å². The third-order valence-electron chi connectivity index (χ3n) is 4.98. The van der Waals surface area contributed by atoms with E-state index in [4.69, 9.17) is 20.0 Å². The standard InChI is InChI=1S/C24H19F2NO4/c25-20-13-31-24-18(17-6-3-5-16(11-27)23(17)26)8-14(9-19(20)24)12-30-21-7-2-1-4-15(21)10-22(28)29/h1-9,13H,10-12,27H2,(H,28,29). The van der Waals surface area contributed by atoms with Crippen molar-refractivity contribution in [2.45, 2.75) is 19.6 Å². The van der Waals surface area contributed by atoms with Crippen LogP contribution in [0.15, 0.2) is 65.3 Å². The number of ether oxygens (including phenoxy) is 1. The maximum Gasteiger partial charge on any atom is 0.307 e. The SMILES string of the molecule is NCc1cccc(-c2cc(COc3ccccc3CC(=O)O)cc3c(F)coc23)c1F. The second-order valence-corrected chi connectivity index (χ2v) is 7.05. The monoisotopic (exact) mass is 423 g/mol. The lowest BCUT2D eigenvalue weighted by Gasteiger charge is -2.13. The zero-order valence-electron chi connectivity index (χ0n) is 16.4. The van der Waals surface area contributed by atoms with Gasteiger partial charge in [0.15, 0.2) is 5.82 Å². The first-order valence-corrected chi connectivity index (χ1v) is 9.58. The molecule has 0 fully saturated rings. The predicted molar refractivity (Wildman–Crippen MR) is 112 cm³/mol. The highest BCUT2D eigenvalue weighted by Gasteiger charge is 2.18. The fourth-order valence-corrected chi connectivity index (χ4v) is 3.51. The summed E-state index contributed by atoms with van der Waals surface area (Å²) in [5, 5.41) is 9.28. The molecule has 0 spiro atoms. The average molecular weight is 423 g/mol. The summed E-state index contributed by atoms with van der Waals surface area (Å²) >= 11 is 0. The third kappa shape index (κ3) is 4.13. The van der Waals surface area contributed by atoms with Gasteiger partial charge in [0, 0.05) is 28.8 Å². The quantitative estimate of drug-likeness (QED) is 0.435. The number of benzene rings is 3. The second kappa shape index (κ2) is 8.57. The summed E-state index contributed by atoms with van der Waals surface area (Å²) in [6.45, 7) is 0.0564. The molecule has 0 aliphatic rings. The van der Waals surface area contributed by atoms with Gasteiger partial charge >= 0.3 is 5.97 Å². The molecule has 0 amide bonds. The Labute approximate surface area is 176 Å². The van der Waals surface area contributed by atoms with Crippen LogP contribution in [-0.2, 0) is 24.4 Å². The Kier molecular flexibility index (Phi) is 5.68. The van der Waals surface area contributed by atoms with Crippen molar-refractivity contribution in [1.82, 2.24) is 0 Å². The predicted octanol–water partition coefficient (Wildman–Crippen LogP) is 5.04. The van der Waals surface area contributed by atoms with Crippen molar-refractivity contribution in [3.05, 3.63) is 89.2 Å². The minimum atomic E-state index is -0.976. The van der Waals surface area contributed by atoms with Crippen LogP contribution in [0, 0.1) is 11.6 Å². The lowest BCUT2D eigenvalue weighted by Crippen LogP contribution is -2.04. The molecule has 0 aliphatic carbocycles. The van der Waals surface area contributed by atoms with Gasteiger partial charge in [-0.3, -0.25) is 4.79 Å². The number of hydrogen-bond acceptors (Lipinski definition) is 4. The number of carboxylic acids is 1. The molecule has 1 aromatic heterocycles. The van der Waals surface area contributed by atoms with Gasteiger partial charge < -0.3 is 20.0 Å². The molecule has 158 valence electrons. The maximum absolute atomic E-state index is 14.9. The van der Waals surface area contributed by atoms with Crippen molar-refractivity contribution in [3.8, 4) is 16.9 Å². The molecule has 3 aromatic carbocycles. The molecule has 0 aliphatic heterocycles. The van der Waals surface area contributed by atoms with Gasteiger partial charge in [0.05, 0.1) is 11.8 Å². The van der Waals surface area contributed by atoms with E-state index in [9.17, 15) is 13.6 Å². The van der Waals surface area contributed by atoms with Crippen LogP contribution in [0.5, 0.6) is 5.75 Å². The van der Waals surface area contributed by atoms with E-state index >= 15 is 0 Å². The number of carbonyl (C=O) groups is 1. The Morgan fingerprint density at radius 1 is 1.03 bits per heavy atom. The van der Waals surface area contributed by atoms with Gasteiger partial charge in [-0.25, -0.2) is 8.78 Å². The van der Waals surface area contributed by atoms with Crippen LogP contribution < -0.4 is 10.5 Å². The number of rotatable bonds is 7. The number of nitrogens with two attached hydrogens (primary N) is 1. The van der Waals surface area contributed by atoms with Crippen LogP contribution in [0.3, 0.4) is 0 Å². The highest BCUT2D eigenvalue weighted by Crippen LogP contribution is 2.35. The molecule has 1 heterocycles. The Hall–Kier alpha value is -3.71. The number of fused-ring (bicyclic) bond motifs is 1. The summed E-state index contributed by atoms with van der Waals surface area (Å²) in [4.78, 5) is 11.1. The first-order valence-electron chi connectivity index (χ1n) is 9.58. The normalized spacial score (nSPS) is 11.1. The third-order valence-corrected chi connectivity index (χ3v) is 4.98. The first kappa shape index (κ1) is 20.6. The Balaban J connectivity index is 1.74. The Morgan fingerprint density at radius 3 is 2.58 bits per heavy atom. The van der Waals surface area contributed by atoms with Crippen molar-refractivity contribution in [3.63, 3.8) is 0 Å². The summed E-state index contributed by atoms with van der Waals surface area (Å²) in [6, 6.07) is 14.9. The topological polar surface area (TPSA) is 85.7 Å². The molecule has 31 heavy (non-hydrogen) atoms. The Bertz CT molecular complexity index is 1270. The molecule has 4 aromatic rings. The molecule has 0 saturated heterocycles. The number of para-hydroxylation sites is 1. The number of hydrogen-bond donors (Lipinski definition) is 2. The summed E-state index contributed by atoms with van der Waals surface area (Å²) in [6.07, 6.45) is 0.791. The van der Waals surface area contributed by atoms with E-state index < -0.39 is 17.6 Å². The van der Waals surface area contributed by atoms with E-state index in [-0.39, 0.29) is 36.1 Å². The first-order chi connectivity index (χ1) is 15.0. The van der Waals surface area contributed by atoms with Crippen molar-refractivity contribution < 1.29 is 27.8 Å². The lowest BCUT2D eigenvalue weighted by molar-refractivity contribution is -0.136. The van der Waals surface area contributed by atoms with E-state index in [2.05, 4.69) is 0 Å². The van der Waals surface area contributed by atoms with E-state index in [0.717, 1.165) is 6.26 Å². The summed E-state index contributed by atoms with van der Waals surface area (Å²) in [5.41, 5.74) is 7.90. The summed E-state index contributed by atoms with van der Waals surface area (Å²) in [7, 11) is 0. The zero-order valence-corrected chi connectivity index (χ0v) is 16.4. The largest absolute Gasteiger partial charge is 0.489 e. The van der Waals surface area contributed by atoms with Crippen molar-refractivity contribution in [1.29, 1.82) is 0 Å². The van der Waals surface area contributed by atoms with E-state index in [0.29, 0.717) is 28.0 Å². The van der Waals surface area contributed by atoms with E-state index in [1.807, 2.05) is 0 Å². The molecular formula is C24H19F2NO4. The van der Waals surface area contributed by atoms with Gasteiger partial charge in [-0.1, -0.05) is 36.4 Å². The minimum Gasteiger partial charge on any atom is -0.489 e. The van der Waals surface area contributed by atoms with Gasteiger partial charge in [-0.05, 0) is 23.8 Å². The molecule has 4 rings (SSSR count). The van der Waals surface area contributed by atoms with Gasteiger partial charge in [0.2, 0.25) is 0 Å². The Morgan fingerprint density at radius 2 is 1.81 bits per heavy atom. The van der Waals surface area contributed by atoms with E-state index in [1.54, 1.807) is 54.6 Å². The summed E-state index contributed by atoms with van der Waals surface area (Å²) in [5.74, 6) is -1.63. The number of halogens is 2. The number of furan rings is 1. The second-order valence-electron chi connectivity index (χ2n) is 7.05. The maximum atomic E-state index is 14.9. The van der Waals surface area contributed by atoms with Crippen LogP contribution in [0.1, 0.15) is 16.7 Å². The molecule has 3 N–H and O–H groups in total. The average Bonchev–Trinajstić information content (AvgIpc) is 3.13. The minimum absolute atomic E-state index is 0.0263. The zero-order chi connectivity index (χ0) is 22.0. The molecule has 5 nitrogen and oxygen atoms in total. The summed E-state index contributed by atoms with van der Waals surface area (Å²) < 4.78 is 40.5. The molecule has 0 unspecified atom stereocenters. The molecule has 0 bridgehead atoms. The number of carboxylic acid groups (broad SMARTS) is 1. The van der Waals surface area contributed by atoms with Crippen molar-refractivity contribution >= 4 is 16.9 Å². The molecule has 7 heteroatoms. The fourth-order valence-electron chi connectivity index (χ4n) is 3.51. The molecule has 0 saturated carbocycles. The lowest BCUT2D eigenvalue weighted by atomic mass is 9.98. The van der Waals surface area contributed by atoms with Crippen molar-refractivity contribution in [2.24, 2.45) is 5.73 Å². The van der Waals surface area contributed by atoms with Crippen LogP contribution >= 0.6 is 0 Å². The van der Waals surface area contributed by atoms with E-state index in [1.165, 1.54) is 0 Å². The number of aliphatic carboxylic acids is 1. The van der Waals surface area contributed by atoms with Crippen LogP contribution in [0.2, 0.25) is 0 Å². The van der Waals surface area contributed by atoms with Crippen molar-refractivity contribution in [2.75, 3.05) is 0 Å². The van der Waals surface area contributed by atoms with Gasteiger partial charge in [0.1, 0.15) is 30.0 Å². The smallest absolute Gasteiger partial charge is 0.307 e. The fraction of sp³-hybridized carbons (Fsp3) is 0.125. The van der Waals surface area contributed by atoms with Gasteiger partial charge in [-0.2, -0.15) is 0 Å².